The van der Waals surface area contributed by atoms with Gasteiger partial charge in [-0.3, -0.25) is 0 Å². The van der Waals surface area contributed by atoms with Gasteiger partial charge in [0, 0.05) is 15.5 Å². The van der Waals surface area contributed by atoms with Crippen LogP contribution in [-0.4, -0.2) is 7.11 Å². The number of rotatable bonds is 4. The van der Waals surface area contributed by atoms with Gasteiger partial charge in [0.05, 0.1) is 7.11 Å². The Labute approximate surface area is 133 Å². The average Bonchev–Trinajstić information content (AvgIpc) is 2.44. The third kappa shape index (κ3) is 3.54. The zero-order valence-electron chi connectivity index (χ0n) is 11.5. The Balaban J connectivity index is 2.22. The van der Waals surface area contributed by atoms with Gasteiger partial charge in [-0.2, -0.15) is 0 Å². The molecule has 0 radical (unpaired) electrons. The molecule has 2 aromatic rings. The third-order valence-corrected chi connectivity index (χ3v) is 4.50. The lowest BCUT2D eigenvalue weighted by Gasteiger charge is -2.15. The van der Waals surface area contributed by atoms with Crippen LogP contribution in [-0.2, 0) is 6.42 Å². The maximum Gasteiger partial charge on any atom is 0.119 e. The van der Waals surface area contributed by atoms with Crippen molar-refractivity contribution in [1.29, 1.82) is 0 Å². The predicted octanol–water partition coefficient (Wildman–Crippen LogP) is 4.66. The zero-order chi connectivity index (χ0) is 14.7. The van der Waals surface area contributed by atoms with E-state index < -0.39 is 0 Å². The maximum absolute atomic E-state index is 6.29. The summed E-state index contributed by atoms with van der Waals surface area (Å²) in [6.45, 7) is 1.98. The highest BCUT2D eigenvalue weighted by Crippen LogP contribution is 2.28. The van der Waals surface area contributed by atoms with Crippen molar-refractivity contribution in [3.05, 3.63) is 62.6 Å². The van der Waals surface area contributed by atoms with Crippen molar-refractivity contribution in [3.8, 4) is 5.75 Å². The second kappa shape index (κ2) is 6.61. The number of hydrogen-bond acceptors (Lipinski definition) is 2. The first-order valence-electron chi connectivity index (χ1n) is 6.35. The smallest absolute Gasteiger partial charge is 0.119 e. The molecule has 0 fully saturated rings. The maximum atomic E-state index is 6.29. The molecule has 0 aliphatic heterocycles. The van der Waals surface area contributed by atoms with E-state index in [1.165, 1.54) is 0 Å². The molecule has 0 aromatic heterocycles. The fraction of sp³-hybridized carbons (Fsp3) is 0.250. The summed E-state index contributed by atoms with van der Waals surface area (Å²) < 4.78 is 6.28. The van der Waals surface area contributed by atoms with E-state index in [0.717, 1.165) is 38.4 Å². The summed E-state index contributed by atoms with van der Waals surface area (Å²) in [6.07, 6.45) is 0.719. The summed E-state index contributed by atoms with van der Waals surface area (Å²) in [5.74, 6) is 0.831. The second-order valence-corrected chi connectivity index (χ2v) is 6.04. The molecule has 0 spiro atoms. The molecule has 0 aliphatic rings. The van der Waals surface area contributed by atoms with Crippen LogP contribution in [0.4, 0.5) is 0 Å². The lowest BCUT2D eigenvalue weighted by molar-refractivity contribution is 0.414. The molecule has 106 valence electrons. The van der Waals surface area contributed by atoms with E-state index in [1.54, 1.807) is 7.11 Å². The molecule has 0 bridgehead atoms. The molecule has 20 heavy (non-hydrogen) atoms. The van der Waals surface area contributed by atoms with Gasteiger partial charge in [0.1, 0.15) is 5.75 Å². The highest BCUT2D eigenvalue weighted by atomic mass is 79.9. The van der Waals surface area contributed by atoms with Gasteiger partial charge in [-0.25, -0.2) is 0 Å². The fourth-order valence-corrected chi connectivity index (χ4v) is 2.63. The summed E-state index contributed by atoms with van der Waals surface area (Å²) in [5, 5.41) is 0.752. The van der Waals surface area contributed by atoms with Gasteiger partial charge in [-0.1, -0.05) is 39.7 Å². The summed E-state index contributed by atoms with van der Waals surface area (Å²) in [5.41, 5.74) is 9.50. The first-order valence-corrected chi connectivity index (χ1v) is 7.52. The van der Waals surface area contributed by atoms with Gasteiger partial charge in [-0.15, -0.1) is 0 Å². The molecule has 0 heterocycles. The molecule has 2 rings (SSSR count). The Hall–Kier alpha value is -1.03. The molecule has 1 unspecified atom stereocenters. The molecule has 2 aromatic carbocycles. The molecule has 1 atom stereocenters. The molecular formula is C16H17BrClNO. The molecule has 2 nitrogen and oxygen atoms in total. The highest BCUT2D eigenvalue weighted by molar-refractivity contribution is 9.10. The Morgan fingerprint density at radius 3 is 2.65 bits per heavy atom. The molecule has 4 heteroatoms. The van der Waals surface area contributed by atoms with Gasteiger partial charge in [-0.05, 0) is 54.3 Å². The first-order chi connectivity index (χ1) is 9.51. The van der Waals surface area contributed by atoms with Crippen LogP contribution in [0.2, 0.25) is 5.02 Å². The van der Waals surface area contributed by atoms with Crippen molar-refractivity contribution in [2.75, 3.05) is 7.11 Å². The third-order valence-electron chi connectivity index (χ3n) is 3.32. The second-order valence-electron chi connectivity index (χ2n) is 4.78. The summed E-state index contributed by atoms with van der Waals surface area (Å²) in [4.78, 5) is 0. The van der Waals surface area contributed by atoms with E-state index in [0.29, 0.717) is 0 Å². The molecule has 0 saturated heterocycles. The lowest BCUT2D eigenvalue weighted by atomic mass is 9.99. The SMILES string of the molecule is COc1ccc(Br)c(CC(N)c2ccc(C)c(Cl)c2)c1. The van der Waals surface area contributed by atoms with Crippen LogP contribution in [0.5, 0.6) is 5.75 Å². The Morgan fingerprint density at radius 2 is 2.00 bits per heavy atom. The van der Waals surface area contributed by atoms with E-state index in [9.17, 15) is 0 Å². The number of aryl methyl sites for hydroxylation is 1. The Morgan fingerprint density at radius 1 is 1.25 bits per heavy atom. The van der Waals surface area contributed by atoms with E-state index in [2.05, 4.69) is 15.9 Å². The van der Waals surface area contributed by atoms with Gasteiger partial charge in [0.25, 0.3) is 0 Å². The molecule has 0 saturated carbocycles. The topological polar surface area (TPSA) is 35.2 Å². The molecule has 2 N–H and O–H groups in total. The van der Waals surface area contributed by atoms with E-state index in [-0.39, 0.29) is 6.04 Å². The van der Waals surface area contributed by atoms with Crippen LogP contribution in [0.1, 0.15) is 22.7 Å². The fourth-order valence-electron chi connectivity index (χ4n) is 2.03. The van der Waals surface area contributed by atoms with Gasteiger partial charge >= 0.3 is 0 Å². The lowest BCUT2D eigenvalue weighted by Crippen LogP contribution is -2.13. The van der Waals surface area contributed by atoms with Gasteiger partial charge in [0.15, 0.2) is 0 Å². The van der Waals surface area contributed by atoms with Crippen molar-refractivity contribution in [2.24, 2.45) is 5.73 Å². The molecule has 0 amide bonds. The summed E-state index contributed by atoms with van der Waals surface area (Å²) >= 11 is 9.70. The average molecular weight is 355 g/mol. The van der Waals surface area contributed by atoms with Gasteiger partial charge in [0.2, 0.25) is 0 Å². The summed E-state index contributed by atoms with van der Waals surface area (Å²) in [6, 6.07) is 11.8. The number of nitrogens with two attached hydrogens (primary N) is 1. The van der Waals surface area contributed by atoms with Crippen molar-refractivity contribution in [1.82, 2.24) is 0 Å². The number of benzene rings is 2. The van der Waals surface area contributed by atoms with Crippen LogP contribution in [0, 0.1) is 6.92 Å². The zero-order valence-corrected chi connectivity index (χ0v) is 13.8. The van der Waals surface area contributed by atoms with Crippen LogP contribution in [0.3, 0.4) is 0 Å². The standard InChI is InChI=1S/C16H17BrClNO/c1-10-3-4-11(8-15(10)18)16(19)9-12-7-13(20-2)5-6-14(12)17/h3-8,16H,9,19H2,1-2H3. The van der Waals surface area contributed by atoms with Crippen LogP contribution < -0.4 is 10.5 Å². The van der Waals surface area contributed by atoms with Crippen LogP contribution in [0.25, 0.3) is 0 Å². The largest absolute Gasteiger partial charge is 0.497 e. The number of ether oxygens (including phenoxy) is 1. The van der Waals surface area contributed by atoms with Crippen molar-refractivity contribution in [2.45, 2.75) is 19.4 Å². The number of methoxy groups -OCH3 is 1. The van der Waals surface area contributed by atoms with E-state index >= 15 is 0 Å². The normalized spacial score (nSPS) is 12.2. The van der Waals surface area contributed by atoms with Crippen molar-refractivity contribution in [3.63, 3.8) is 0 Å². The monoisotopic (exact) mass is 353 g/mol. The number of halogens is 2. The summed E-state index contributed by atoms with van der Waals surface area (Å²) in [7, 11) is 1.66. The van der Waals surface area contributed by atoms with E-state index in [4.69, 9.17) is 22.1 Å². The first kappa shape index (κ1) is 15.4. The van der Waals surface area contributed by atoms with E-state index in [1.807, 2.05) is 43.3 Å². The highest BCUT2D eigenvalue weighted by Gasteiger charge is 2.11. The Kier molecular flexibility index (Phi) is 5.08. The minimum Gasteiger partial charge on any atom is -0.497 e. The minimum absolute atomic E-state index is 0.100. The minimum atomic E-state index is -0.100. The quantitative estimate of drug-likeness (QED) is 0.866. The van der Waals surface area contributed by atoms with Crippen molar-refractivity contribution >= 4 is 27.5 Å². The Bertz CT molecular complexity index is 615. The van der Waals surface area contributed by atoms with Crippen molar-refractivity contribution < 1.29 is 4.74 Å². The van der Waals surface area contributed by atoms with Crippen LogP contribution >= 0.6 is 27.5 Å². The van der Waals surface area contributed by atoms with Crippen LogP contribution in [0.15, 0.2) is 40.9 Å². The van der Waals surface area contributed by atoms with Gasteiger partial charge < -0.3 is 10.5 Å². The molecular weight excluding hydrogens is 338 g/mol. The molecule has 0 aliphatic carbocycles. The number of hydrogen-bond donors (Lipinski definition) is 1. The predicted molar refractivity (Wildman–Crippen MR) is 87.5 cm³/mol.